The number of ether oxygens (including phenoxy) is 1. The molecule has 0 spiro atoms. The summed E-state index contributed by atoms with van der Waals surface area (Å²) in [5.41, 5.74) is 3.90. The summed E-state index contributed by atoms with van der Waals surface area (Å²) >= 11 is 0. The van der Waals surface area contributed by atoms with Crippen molar-refractivity contribution in [1.82, 2.24) is 0 Å². The molecule has 3 heteroatoms. The van der Waals surface area contributed by atoms with Gasteiger partial charge in [0.15, 0.2) is 0 Å². The van der Waals surface area contributed by atoms with Gasteiger partial charge in [0.25, 0.3) is 0 Å². The van der Waals surface area contributed by atoms with Crippen molar-refractivity contribution in [3.05, 3.63) is 34.9 Å². The minimum Gasteiger partial charge on any atom is -0.496 e. The lowest BCUT2D eigenvalue weighted by Crippen LogP contribution is -1.97. The second-order valence-electron chi connectivity index (χ2n) is 4.00. The van der Waals surface area contributed by atoms with Crippen LogP contribution < -0.4 is 4.74 Å². The molecule has 0 aliphatic rings. The number of carbonyl (C=O) groups is 1. The van der Waals surface area contributed by atoms with Crippen LogP contribution in [0.1, 0.15) is 30.0 Å². The Labute approximate surface area is 102 Å². The molecular weight excluding hydrogens is 216 g/mol. The highest BCUT2D eigenvalue weighted by Gasteiger charge is 2.10. The standard InChI is InChI=1S/C14H18O3/c1-5-11(8-14(15)16)12-6-9(2)10(3)7-13(12)17-4/h6-8H,5H2,1-4H3,(H,15,16)/b11-8+. The first-order valence-corrected chi connectivity index (χ1v) is 5.58. The first kappa shape index (κ1) is 13.3. The number of carboxylic acids is 1. The topological polar surface area (TPSA) is 46.5 Å². The fourth-order valence-electron chi connectivity index (χ4n) is 1.73. The van der Waals surface area contributed by atoms with Gasteiger partial charge in [-0.2, -0.15) is 0 Å². The number of benzene rings is 1. The number of methoxy groups -OCH3 is 1. The molecule has 1 aromatic rings. The predicted molar refractivity (Wildman–Crippen MR) is 68.4 cm³/mol. The third-order valence-corrected chi connectivity index (χ3v) is 2.84. The average molecular weight is 234 g/mol. The lowest BCUT2D eigenvalue weighted by molar-refractivity contribution is -0.131. The van der Waals surface area contributed by atoms with Crippen molar-refractivity contribution < 1.29 is 14.6 Å². The summed E-state index contributed by atoms with van der Waals surface area (Å²) in [5, 5.41) is 8.85. The Kier molecular flexibility index (Phi) is 4.32. The van der Waals surface area contributed by atoms with Crippen LogP contribution in [0.25, 0.3) is 5.57 Å². The van der Waals surface area contributed by atoms with E-state index >= 15 is 0 Å². The predicted octanol–water partition coefficient (Wildman–Crippen LogP) is 3.19. The Morgan fingerprint density at radius 1 is 1.35 bits per heavy atom. The molecule has 0 unspecified atom stereocenters. The number of rotatable bonds is 4. The van der Waals surface area contributed by atoms with Gasteiger partial charge in [0.1, 0.15) is 5.75 Å². The molecule has 0 amide bonds. The quantitative estimate of drug-likeness (QED) is 0.814. The second-order valence-corrected chi connectivity index (χ2v) is 4.00. The lowest BCUT2D eigenvalue weighted by atomic mass is 9.97. The Bertz CT molecular complexity index is 459. The number of allylic oxidation sites excluding steroid dienone is 1. The van der Waals surface area contributed by atoms with Crippen LogP contribution in [0.2, 0.25) is 0 Å². The summed E-state index contributed by atoms with van der Waals surface area (Å²) in [7, 11) is 1.60. The summed E-state index contributed by atoms with van der Waals surface area (Å²) < 4.78 is 5.31. The van der Waals surface area contributed by atoms with Crippen LogP contribution in [-0.4, -0.2) is 18.2 Å². The van der Waals surface area contributed by atoms with E-state index < -0.39 is 5.97 Å². The molecule has 3 nitrogen and oxygen atoms in total. The highest BCUT2D eigenvalue weighted by Crippen LogP contribution is 2.30. The van der Waals surface area contributed by atoms with Crippen LogP contribution in [0.3, 0.4) is 0 Å². The fraction of sp³-hybridized carbons (Fsp3) is 0.357. The number of carboxylic acid groups (broad SMARTS) is 1. The maximum absolute atomic E-state index is 10.8. The van der Waals surface area contributed by atoms with Crippen molar-refractivity contribution in [2.45, 2.75) is 27.2 Å². The van der Waals surface area contributed by atoms with E-state index in [1.165, 1.54) is 6.08 Å². The summed E-state index contributed by atoms with van der Waals surface area (Å²) in [4.78, 5) is 10.8. The minimum atomic E-state index is -0.929. The molecule has 0 bridgehead atoms. The molecule has 0 aromatic heterocycles. The van der Waals surface area contributed by atoms with Gasteiger partial charge in [-0.1, -0.05) is 6.92 Å². The third kappa shape index (κ3) is 3.09. The van der Waals surface area contributed by atoms with Gasteiger partial charge in [-0.3, -0.25) is 0 Å². The van der Waals surface area contributed by atoms with Crippen LogP contribution in [-0.2, 0) is 4.79 Å². The normalized spacial score (nSPS) is 11.4. The molecule has 0 atom stereocenters. The van der Waals surface area contributed by atoms with Crippen molar-refractivity contribution in [2.75, 3.05) is 7.11 Å². The average Bonchev–Trinajstić information content (AvgIpc) is 2.28. The Morgan fingerprint density at radius 3 is 2.41 bits per heavy atom. The Balaban J connectivity index is 3.37. The van der Waals surface area contributed by atoms with Gasteiger partial charge in [-0.25, -0.2) is 4.79 Å². The van der Waals surface area contributed by atoms with Crippen LogP contribution in [0, 0.1) is 13.8 Å². The summed E-state index contributed by atoms with van der Waals surface area (Å²) in [6, 6.07) is 3.92. The first-order valence-electron chi connectivity index (χ1n) is 5.58. The van der Waals surface area contributed by atoms with Crippen LogP contribution in [0.5, 0.6) is 5.75 Å². The summed E-state index contributed by atoms with van der Waals surface area (Å²) in [6.45, 7) is 5.95. The van der Waals surface area contributed by atoms with Crippen molar-refractivity contribution in [3.63, 3.8) is 0 Å². The summed E-state index contributed by atoms with van der Waals surface area (Å²) in [5.74, 6) is -0.204. The van der Waals surface area contributed by atoms with Gasteiger partial charge >= 0.3 is 5.97 Å². The van der Waals surface area contributed by atoms with E-state index in [0.717, 1.165) is 28.0 Å². The minimum absolute atomic E-state index is 0.658. The van der Waals surface area contributed by atoms with Gasteiger partial charge in [0, 0.05) is 11.6 Å². The number of aryl methyl sites for hydroxylation is 2. The monoisotopic (exact) mass is 234 g/mol. The molecule has 0 saturated heterocycles. The van der Waals surface area contributed by atoms with Gasteiger partial charge in [-0.15, -0.1) is 0 Å². The van der Waals surface area contributed by atoms with E-state index in [4.69, 9.17) is 9.84 Å². The fourth-order valence-corrected chi connectivity index (χ4v) is 1.73. The largest absolute Gasteiger partial charge is 0.496 e. The molecule has 0 aliphatic carbocycles. The van der Waals surface area contributed by atoms with Crippen molar-refractivity contribution in [1.29, 1.82) is 0 Å². The van der Waals surface area contributed by atoms with E-state index in [-0.39, 0.29) is 0 Å². The molecule has 0 fully saturated rings. The van der Waals surface area contributed by atoms with E-state index in [0.29, 0.717) is 6.42 Å². The zero-order valence-corrected chi connectivity index (χ0v) is 10.7. The highest BCUT2D eigenvalue weighted by atomic mass is 16.5. The van der Waals surface area contributed by atoms with Crippen LogP contribution in [0.4, 0.5) is 0 Å². The van der Waals surface area contributed by atoms with Crippen LogP contribution >= 0.6 is 0 Å². The molecule has 17 heavy (non-hydrogen) atoms. The van der Waals surface area contributed by atoms with Crippen molar-refractivity contribution in [3.8, 4) is 5.75 Å². The molecule has 92 valence electrons. The molecule has 1 rings (SSSR count). The van der Waals surface area contributed by atoms with Crippen LogP contribution in [0.15, 0.2) is 18.2 Å². The molecule has 0 aliphatic heterocycles. The Hall–Kier alpha value is -1.77. The molecule has 0 heterocycles. The molecule has 0 radical (unpaired) electrons. The maximum atomic E-state index is 10.8. The highest BCUT2D eigenvalue weighted by molar-refractivity contribution is 5.91. The van der Waals surface area contributed by atoms with Gasteiger partial charge in [0.2, 0.25) is 0 Å². The van der Waals surface area contributed by atoms with E-state index in [1.807, 2.05) is 32.9 Å². The van der Waals surface area contributed by atoms with E-state index in [9.17, 15) is 4.79 Å². The number of hydrogen-bond donors (Lipinski definition) is 1. The van der Waals surface area contributed by atoms with Gasteiger partial charge in [-0.05, 0) is 49.1 Å². The van der Waals surface area contributed by atoms with E-state index in [1.54, 1.807) is 7.11 Å². The SMILES string of the molecule is CC/C(=C\C(=O)O)c1cc(C)c(C)cc1OC. The Morgan fingerprint density at radius 2 is 1.94 bits per heavy atom. The lowest BCUT2D eigenvalue weighted by Gasteiger charge is -2.13. The maximum Gasteiger partial charge on any atom is 0.328 e. The number of aliphatic carboxylic acids is 1. The van der Waals surface area contributed by atoms with Crippen molar-refractivity contribution in [2.24, 2.45) is 0 Å². The third-order valence-electron chi connectivity index (χ3n) is 2.84. The van der Waals surface area contributed by atoms with Gasteiger partial charge in [0.05, 0.1) is 7.11 Å². The molecule has 0 saturated carbocycles. The smallest absolute Gasteiger partial charge is 0.328 e. The van der Waals surface area contributed by atoms with E-state index in [2.05, 4.69) is 0 Å². The van der Waals surface area contributed by atoms with Crippen molar-refractivity contribution >= 4 is 11.5 Å². The zero-order chi connectivity index (χ0) is 13.0. The zero-order valence-electron chi connectivity index (χ0n) is 10.7. The van der Waals surface area contributed by atoms with Gasteiger partial charge < -0.3 is 9.84 Å². The first-order chi connectivity index (χ1) is 7.99. The summed E-state index contributed by atoms with van der Waals surface area (Å²) in [6.07, 6.45) is 1.90. The second kappa shape index (κ2) is 5.53. The number of hydrogen-bond acceptors (Lipinski definition) is 2. The molecule has 1 aromatic carbocycles. The molecular formula is C14H18O3. The molecule has 1 N–H and O–H groups in total.